The van der Waals surface area contributed by atoms with Crippen molar-refractivity contribution in [3.05, 3.63) is 27.3 Å². The van der Waals surface area contributed by atoms with Crippen LogP contribution in [0.15, 0.2) is 0 Å². The van der Waals surface area contributed by atoms with E-state index in [-0.39, 0.29) is 55.1 Å². The zero-order chi connectivity index (χ0) is 33.3. The molecule has 0 amide bonds. The molecule has 0 N–H and O–H groups in total. The Bertz CT molecular complexity index is 854. The first-order chi connectivity index (χ1) is 20.0. The Balaban J connectivity index is 0. The van der Waals surface area contributed by atoms with E-state index in [0.29, 0.717) is 10.8 Å². The molecule has 4 heteroatoms. The molecule has 8 unspecified atom stereocenters. The van der Waals surface area contributed by atoms with Gasteiger partial charge in [-0.1, -0.05) is 135 Å². The van der Waals surface area contributed by atoms with Crippen LogP contribution in [0.5, 0.6) is 0 Å². The Morgan fingerprint density at radius 1 is 0.667 bits per heavy atom. The van der Waals surface area contributed by atoms with E-state index in [4.69, 9.17) is 9.72 Å². The van der Waals surface area contributed by atoms with E-state index >= 15 is 0 Å². The standard InChI is InChI=1S/C41H80NOSi.3CH3.Ti/c1-29(2)35-28-36-33(30-25-31(38(3,4)5)27-32(26-30)39(6,7)8)21-20-22-34(36)37(35)44(15,42-40(9,10)11)24-19-17-16-18-23-43-41(12,13)14;;;;/h29-37H,16-28H2,1-15H3;3*1H3;/q4*-1;+4. The Morgan fingerprint density at radius 3 is 1.62 bits per heavy atom. The number of fused-ring (bicyclic) bond motifs is 1. The van der Waals surface area contributed by atoms with Crippen molar-refractivity contribution >= 4 is 8.24 Å². The summed E-state index contributed by atoms with van der Waals surface area (Å²) in [6.45, 7) is 37.7. The zero-order valence-electron chi connectivity index (χ0n) is 36.2. The molecule has 2 nitrogen and oxygen atoms in total. The number of unbranched alkanes of at least 4 members (excludes halogenated alkanes) is 3. The van der Waals surface area contributed by atoms with Crippen LogP contribution in [0.4, 0.5) is 0 Å². The first-order valence-electron chi connectivity index (χ1n) is 19.4. The normalized spacial score (nSPS) is 31.0. The number of hydrogen-bond donors (Lipinski definition) is 0. The summed E-state index contributed by atoms with van der Waals surface area (Å²) < 4.78 is 6.02. The number of hydrogen-bond acceptors (Lipinski definition) is 1. The molecule has 48 heavy (non-hydrogen) atoms. The van der Waals surface area contributed by atoms with Crippen LogP contribution in [0.25, 0.3) is 4.98 Å². The molecule has 0 saturated heterocycles. The van der Waals surface area contributed by atoms with Gasteiger partial charge in [0.15, 0.2) is 0 Å². The van der Waals surface area contributed by atoms with Crippen molar-refractivity contribution in [3.63, 3.8) is 0 Å². The summed E-state index contributed by atoms with van der Waals surface area (Å²) in [5, 5.41) is 0. The third-order valence-corrected chi connectivity index (χ3v) is 17.6. The maximum absolute atomic E-state index is 6.02. The average molecular weight is 724 g/mol. The fraction of sp³-hybridized carbons (Fsp3) is 0.932. The molecule has 0 bridgehead atoms. The van der Waals surface area contributed by atoms with E-state index in [1.165, 1.54) is 76.7 Å². The second kappa shape index (κ2) is 19.8. The van der Waals surface area contributed by atoms with Crippen molar-refractivity contribution in [2.45, 2.75) is 197 Å². The van der Waals surface area contributed by atoms with E-state index in [1.807, 2.05) is 0 Å². The van der Waals surface area contributed by atoms with Crippen molar-refractivity contribution in [1.29, 1.82) is 0 Å². The van der Waals surface area contributed by atoms with E-state index in [9.17, 15) is 0 Å². The summed E-state index contributed by atoms with van der Waals surface area (Å²) in [5.41, 5.74) is 1.77. The Labute approximate surface area is 322 Å². The summed E-state index contributed by atoms with van der Waals surface area (Å²) >= 11 is 0. The van der Waals surface area contributed by atoms with Crippen molar-refractivity contribution in [2.24, 2.45) is 58.2 Å². The molecule has 0 radical (unpaired) electrons. The summed E-state index contributed by atoms with van der Waals surface area (Å²) in [6.07, 6.45) is 15.6. The van der Waals surface area contributed by atoms with Gasteiger partial charge < -0.3 is 32.0 Å². The van der Waals surface area contributed by atoms with Crippen molar-refractivity contribution < 1.29 is 26.5 Å². The van der Waals surface area contributed by atoms with Gasteiger partial charge in [0.25, 0.3) is 0 Å². The molecular formula is C44H89NOSiTi. The van der Waals surface area contributed by atoms with E-state index in [1.54, 1.807) is 0 Å². The number of ether oxygens (including phenoxy) is 1. The minimum Gasteiger partial charge on any atom is -0.659 e. The van der Waals surface area contributed by atoms with Gasteiger partial charge in [0, 0.05) is 6.61 Å². The molecule has 0 aromatic heterocycles. The van der Waals surface area contributed by atoms with Gasteiger partial charge in [0.1, 0.15) is 0 Å². The fourth-order valence-electron chi connectivity index (χ4n) is 10.6. The minimum atomic E-state index is -1.86. The SMILES string of the molecule is CC(C)C1CC2C(C3CC(C(C)(C)C)CC(C(C)(C)C)C3)CCCC2C1[Si](C)(CCCCCCOC(C)(C)C)[N-]C(C)(C)C.[CH3-].[CH3-].[CH3-].[Ti+4]. The minimum absolute atomic E-state index is 0. The molecule has 3 fully saturated rings. The second-order valence-electron chi connectivity index (χ2n) is 20.9. The van der Waals surface area contributed by atoms with Crippen LogP contribution >= 0.6 is 0 Å². The summed E-state index contributed by atoms with van der Waals surface area (Å²) in [6, 6.07) is 1.40. The first kappa shape index (κ1) is 51.0. The molecule has 284 valence electrons. The Morgan fingerprint density at radius 2 is 1.17 bits per heavy atom. The van der Waals surface area contributed by atoms with Crippen LogP contribution in [0.3, 0.4) is 0 Å². The third-order valence-electron chi connectivity index (χ3n) is 12.7. The molecule has 0 heterocycles. The predicted molar refractivity (Wildman–Crippen MR) is 217 cm³/mol. The van der Waals surface area contributed by atoms with Gasteiger partial charge in [0.05, 0.1) is 5.60 Å². The smallest absolute Gasteiger partial charge is 0.659 e. The van der Waals surface area contributed by atoms with Gasteiger partial charge in [-0.05, 0) is 117 Å². The maximum Gasteiger partial charge on any atom is 4.00 e. The van der Waals surface area contributed by atoms with Crippen molar-refractivity contribution in [3.8, 4) is 0 Å². The van der Waals surface area contributed by atoms with Crippen molar-refractivity contribution in [1.82, 2.24) is 0 Å². The average Bonchev–Trinajstić information content (AvgIpc) is 3.26. The Kier molecular flexibility index (Phi) is 21.0. The quantitative estimate of drug-likeness (QED) is 0.118. The monoisotopic (exact) mass is 724 g/mol. The first-order valence-corrected chi connectivity index (χ1v) is 22.1. The molecule has 0 spiro atoms. The predicted octanol–water partition coefficient (Wildman–Crippen LogP) is 14.7. The fourth-order valence-corrected chi connectivity index (χ4v) is 16.5. The summed E-state index contributed by atoms with van der Waals surface area (Å²) in [7, 11) is -1.86. The zero-order valence-corrected chi connectivity index (χ0v) is 38.8. The molecule has 0 aliphatic heterocycles. The van der Waals surface area contributed by atoms with Crippen LogP contribution in [0.1, 0.15) is 168 Å². The molecule has 3 aliphatic rings. The van der Waals surface area contributed by atoms with Crippen LogP contribution in [-0.4, -0.2) is 26.0 Å². The van der Waals surface area contributed by atoms with Crippen LogP contribution in [-0.2, 0) is 26.5 Å². The van der Waals surface area contributed by atoms with E-state index in [0.717, 1.165) is 59.5 Å². The van der Waals surface area contributed by atoms with E-state index < -0.39 is 8.24 Å². The van der Waals surface area contributed by atoms with Crippen LogP contribution in [0.2, 0.25) is 18.1 Å². The van der Waals surface area contributed by atoms with Gasteiger partial charge in [-0.15, -0.1) is 5.54 Å². The summed E-state index contributed by atoms with van der Waals surface area (Å²) in [4.78, 5) is 5.95. The maximum atomic E-state index is 6.02. The molecule has 0 aromatic rings. The van der Waals surface area contributed by atoms with Gasteiger partial charge in [-0.3, -0.25) is 0 Å². The number of nitrogens with zero attached hydrogens (tertiary/aromatic N) is 1. The molecule has 0 aromatic carbocycles. The summed E-state index contributed by atoms with van der Waals surface area (Å²) in [5.74, 6) is 7.13. The topological polar surface area (TPSA) is 23.3 Å². The van der Waals surface area contributed by atoms with Crippen LogP contribution < -0.4 is 0 Å². The van der Waals surface area contributed by atoms with Gasteiger partial charge in [-0.25, -0.2) is 0 Å². The van der Waals surface area contributed by atoms with Gasteiger partial charge >= 0.3 is 21.7 Å². The molecule has 3 rings (SSSR count). The Hall–Kier alpha value is 0.851. The molecule has 3 aliphatic carbocycles. The van der Waals surface area contributed by atoms with Crippen molar-refractivity contribution in [2.75, 3.05) is 6.61 Å². The molecule has 3 saturated carbocycles. The van der Waals surface area contributed by atoms with Crippen LogP contribution in [0, 0.1) is 80.5 Å². The third kappa shape index (κ3) is 14.3. The van der Waals surface area contributed by atoms with E-state index in [2.05, 4.69) is 103 Å². The molecule has 8 atom stereocenters. The van der Waals surface area contributed by atoms with Gasteiger partial charge in [0.2, 0.25) is 0 Å². The largest absolute Gasteiger partial charge is 4.00 e. The second-order valence-corrected chi connectivity index (χ2v) is 25.1. The molecular weight excluding hydrogens is 634 g/mol. The van der Waals surface area contributed by atoms with Gasteiger partial charge in [-0.2, -0.15) is 0 Å². The number of rotatable bonds is 11.